The van der Waals surface area contributed by atoms with Crippen molar-refractivity contribution in [2.45, 2.75) is 479 Å². The summed E-state index contributed by atoms with van der Waals surface area (Å²) in [5.74, 6) is -22.2. The Kier molecular flexibility index (Phi) is 54.8. The van der Waals surface area contributed by atoms with Crippen LogP contribution < -0.4 is 26.6 Å². The molecule has 6 saturated heterocycles. The fourth-order valence-corrected chi connectivity index (χ4v) is 18.7. The number of carboxylic acid groups (broad SMARTS) is 3. The van der Waals surface area contributed by atoms with Crippen molar-refractivity contribution < 1.29 is 208 Å². The molecule has 812 valence electrons. The van der Waals surface area contributed by atoms with Gasteiger partial charge in [-0.25, -0.2) is 14.4 Å². The highest BCUT2D eigenvalue weighted by atomic mass is 16.8. The minimum absolute atomic E-state index is 0.0807. The van der Waals surface area contributed by atoms with Gasteiger partial charge in [-0.15, -0.1) is 0 Å². The molecule has 6 fully saturated rings. The van der Waals surface area contributed by atoms with Crippen molar-refractivity contribution in [1.82, 2.24) is 26.6 Å². The maximum atomic E-state index is 14.4. The smallest absolute Gasteiger partial charge is 0.364 e. The lowest BCUT2D eigenvalue weighted by Crippen LogP contribution is -2.72. The lowest BCUT2D eigenvalue weighted by Gasteiger charge is -2.52. The van der Waals surface area contributed by atoms with E-state index in [0.717, 1.165) is 91.9 Å². The van der Waals surface area contributed by atoms with Gasteiger partial charge in [-0.1, -0.05) is 206 Å². The Balaban J connectivity index is 1.29. The number of ether oxygens (including phenoxy) is 12. The molecule has 0 spiro atoms. The first-order valence-corrected chi connectivity index (χ1v) is 49.8. The van der Waals surface area contributed by atoms with Crippen LogP contribution in [0, 0.1) is 0 Å². The fraction of sp³-hybridized carbons (Fsp3) is 0.892. The van der Waals surface area contributed by atoms with Crippen molar-refractivity contribution in [2.24, 2.45) is 0 Å². The molecule has 6 heterocycles. The number of rotatable bonds is 67. The second-order valence-electron chi connectivity index (χ2n) is 37.8. The summed E-state index contributed by atoms with van der Waals surface area (Å²) < 4.78 is 71.8. The molecule has 47 nitrogen and oxygen atoms in total. The van der Waals surface area contributed by atoms with Gasteiger partial charge in [-0.3, -0.25) is 24.0 Å². The van der Waals surface area contributed by atoms with Gasteiger partial charge in [0.15, 0.2) is 18.9 Å². The zero-order valence-corrected chi connectivity index (χ0v) is 81.3. The molecule has 6 rings (SSSR count). The van der Waals surface area contributed by atoms with Crippen LogP contribution in [0.15, 0.2) is 12.2 Å². The number of aliphatic hydroxyl groups excluding tert-OH is 19. The van der Waals surface area contributed by atoms with Crippen LogP contribution in [0.5, 0.6) is 0 Å². The zero-order chi connectivity index (χ0) is 104. The topological polar surface area (TPSA) is 753 Å². The molecule has 47 heteroatoms. The van der Waals surface area contributed by atoms with E-state index >= 15 is 0 Å². The largest absolute Gasteiger partial charge is 0.477 e. The molecular formula is C93H163N5O42. The van der Waals surface area contributed by atoms with E-state index in [9.17, 15) is 151 Å². The standard InChI is InChI=1S/C93H163N5O42/c1-7-9-11-13-15-17-19-21-22-23-24-25-26-28-30-32-34-36-38-40-66(114)98-55(56(109)39-37-35-33-31-29-27-20-18-16-14-12-10-8-2)50-129-86-77(121)76(120)79(64(48-103)131-86)133-87-78(122)84(80(65(49-104)132-87)134-85-70(97-54(6)108)75(119)72(116)61(45-100)130-85)140-93(90(127)128)43-59(112)69(96-53(5)107)83(139-93)74(118)63(47-102)136-92(89(125)126)42-58(111)68(95-52(4)106)82(138-92)73(117)62(46-101)135-91(88(123)124)41-57(110)67(94-51(3)105)81(137-91)71(115)60(113)44-99/h37,39,55-65,67-87,99-104,109-113,115-122H,7-36,38,40-50H2,1-6H3,(H,94,105)(H,95,106)(H,96,107)(H,97,108)(H,98,114)(H,123,124)(H,125,126)(H,127,128)/b39-37+/t55-,56+,57?,58?,59?,60+,61?,62+,63+,64?,65?,67+,68+,69+,70?,71+,72-,73+,74+,75+,76+,77?,78?,79+,80-,81?,82?,83?,84+,85-,86+,87-,91+,92+,93-/m0/s1. The van der Waals surface area contributed by atoms with Gasteiger partial charge in [-0.2, -0.15) is 0 Å². The van der Waals surface area contributed by atoms with E-state index in [1.165, 1.54) is 128 Å². The third-order valence-electron chi connectivity index (χ3n) is 26.5. The molecular weight excluding hydrogens is 1860 g/mol. The number of amides is 5. The van der Waals surface area contributed by atoms with E-state index in [1.54, 1.807) is 6.08 Å². The summed E-state index contributed by atoms with van der Waals surface area (Å²) in [6.45, 7) is -0.762. The summed E-state index contributed by atoms with van der Waals surface area (Å²) in [4.78, 5) is 107. The Hall–Kier alpha value is -5.74. The minimum Gasteiger partial charge on any atom is -0.477 e. The van der Waals surface area contributed by atoms with Crippen molar-refractivity contribution in [3.8, 4) is 0 Å². The van der Waals surface area contributed by atoms with Gasteiger partial charge < -0.3 is 196 Å². The molecule has 12 unspecified atom stereocenters. The van der Waals surface area contributed by atoms with Gasteiger partial charge in [0.2, 0.25) is 29.5 Å². The van der Waals surface area contributed by atoms with Crippen LogP contribution in [0.3, 0.4) is 0 Å². The first-order valence-electron chi connectivity index (χ1n) is 49.8. The average molecular weight is 2020 g/mol. The van der Waals surface area contributed by atoms with E-state index in [-0.39, 0.29) is 6.42 Å². The van der Waals surface area contributed by atoms with E-state index in [0.29, 0.717) is 12.8 Å². The monoisotopic (exact) mass is 2020 g/mol. The molecule has 0 bridgehead atoms. The molecule has 0 aromatic heterocycles. The van der Waals surface area contributed by atoms with Crippen molar-refractivity contribution in [1.29, 1.82) is 0 Å². The number of hydrogen-bond donors (Lipinski definition) is 27. The first kappa shape index (κ1) is 123. The Bertz CT molecular complexity index is 3650. The molecule has 0 aromatic rings. The van der Waals surface area contributed by atoms with Gasteiger partial charge in [-0.05, 0) is 19.3 Å². The van der Waals surface area contributed by atoms with Gasteiger partial charge in [0.1, 0.15) is 128 Å². The molecule has 35 atom stereocenters. The predicted molar refractivity (Wildman–Crippen MR) is 487 cm³/mol. The first-order chi connectivity index (χ1) is 66.6. The van der Waals surface area contributed by atoms with E-state index < -0.39 is 326 Å². The number of allylic oxidation sites excluding steroid dienone is 1. The molecule has 27 N–H and O–H groups in total. The molecule has 0 saturated carbocycles. The lowest BCUT2D eigenvalue weighted by atomic mass is 9.86. The number of carbonyl (C=O) groups excluding carboxylic acids is 5. The van der Waals surface area contributed by atoms with Crippen LogP contribution in [-0.4, -0.2) is 419 Å². The highest BCUT2D eigenvalue weighted by Crippen LogP contribution is 2.44. The number of hydrogen-bond acceptors (Lipinski definition) is 39. The molecule has 0 radical (unpaired) electrons. The summed E-state index contributed by atoms with van der Waals surface area (Å²) in [5, 5.41) is 263. The second-order valence-corrected chi connectivity index (χ2v) is 37.8. The van der Waals surface area contributed by atoms with Gasteiger partial charge in [0.25, 0.3) is 17.4 Å². The summed E-state index contributed by atoms with van der Waals surface area (Å²) in [6.07, 6.45) is -28.5. The van der Waals surface area contributed by atoms with Crippen LogP contribution >= 0.6 is 0 Å². The van der Waals surface area contributed by atoms with Gasteiger partial charge >= 0.3 is 17.9 Å². The summed E-state index contributed by atoms with van der Waals surface area (Å²) in [5.41, 5.74) is 0. The summed E-state index contributed by atoms with van der Waals surface area (Å²) >= 11 is 0. The number of aliphatic carboxylic acids is 3. The number of unbranched alkanes of at least 4 members (excludes halogenated alkanes) is 29. The Morgan fingerprint density at radius 1 is 0.386 bits per heavy atom. The second kappa shape index (κ2) is 62.4. The fourth-order valence-electron chi connectivity index (χ4n) is 18.7. The predicted octanol–water partition coefficient (Wildman–Crippen LogP) is -2.96. The van der Waals surface area contributed by atoms with Crippen LogP contribution in [0.1, 0.15) is 266 Å². The van der Waals surface area contributed by atoms with Crippen LogP contribution in [0.25, 0.3) is 0 Å². The summed E-state index contributed by atoms with van der Waals surface area (Å²) in [6, 6.07) is -9.22. The van der Waals surface area contributed by atoms with Crippen molar-refractivity contribution >= 4 is 47.4 Å². The molecule has 6 aliphatic rings. The van der Waals surface area contributed by atoms with Crippen molar-refractivity contribution in [2.75, 3.05) is 46.2 Å². The molecule has 0 aliphatic carbocycles. The number of aliphatic hydroxyl groups is 19. The van der Waals surface area contributed by atoms with E-state index in [1.807, 2.05) is 0 Å². The number of nitrogens with one attached hydrogen (secondary N) is 5. The molecule has 5 amide bonds. The molecule has 140 heavy (non-hydrogen) atoms. The Morgan fingerprint density at radius 3 is 1.14 bits per heavy atom. The zero-order valence-electron chi connectivity index (χ0n) is 81.3. The number of carboxylic acids is 3. The minimum atomic E-state index is -3.72. The Labute approximate surface area is 815 Å². The van der Waals surface area contributed by atoms with Gasteiger partial charge in [0.05, 0.1) is 94.8 Å². The average Bonchev–Trinajstić information content (AvgIpc) is 0.796. The van der Waals surface area contributed by atoms with Crippen molar-refractivity contribution in [3.05, 3.63) is 12.2 Å². The van der Waals surface area contributed by atoms with Crippen molar-refractivity contribution in [3.63, 3.8) is 0 Å². The SMILES string of the molecule is CCCCCCCCCCCCC/C=C/[C@@H](O)[C@H](CO[C@@H]1OC(CO)[C@@H](O[C@@H]2OC(CO)[C@H](O[C@@H]3OC(CO)[C@H](O)[C@H](O)C3NC(C)=O)[C@H](O[C@]3(C(=O)O)CC(O)[C@@H](NC(C)=O)C([C@H](O)[C@@H](CO)O[C@]4(C(=O)O)CC(O)[C@@H](NC(C)=O)C([C@H](O)[C@@H](CO)O[C@]5(C(=O)O)CC(O)[C@@H](NC(C)=O)C([C@H](O)[C@H](O)CO)O5)O4)O3)C2O)[C@H](O)C1O)NC(=O)CCCCCCCCCCCCCCCCCCCCC. The normalized spacial score (nSPS) is 33.4. The maximum Gasteiger partial charge on any atom is 0.364 e. The Morgan fingerprint density at radius 2 is 0.743 bits per heavy atom. The maximum absolute atomic E-state index is 14.4. The summed E-state index contributed by atoms with van der Waals surface area (Å²) in [7, 11) is 0. The van der Waals surface area contributed by atoms with Crippen LogP contribution in [-0.2, 0) is 95.2 Å². The quantitative estimate of drug-likeness (QED) is 0.0214. The third kappa shape index (κ3) is 36.4. The lowest BCUT2D eigenvalue weighted by molar-refractivity contribution is -0.402. The van der Waals surface area contributed by atoms with Crippen LogP contribution in [0.4, 0.5) is 0 Å². The highest BCUT2D eigenvalue weighted by Gasteiger charge is 2.65. The number of carbonyl (C=O) groups is 8. The van der Waals surface area contributed by atoms with E-state index in [2.05, 4.69) is 40.4 Å². The van der Waals surface area contributed by atoms with Gasteiger partial charge in [0, 0.05) is 53.4 Å². The van der Waals surface area contributed by atoms with E-state index in [4.69, 9.17) is 56.8 Å². The molecule has 6 aliphatic heterocycles. The third-order valence-corrected chi connectivity index (χ3v) is 26.5. The molecule has 0 aromatic carbocycles. The van der Waals surface area contributed by atoms with Crippen LogP contribution in [0.2, 0.25) is 0 Å². The highest BCUT2D eigenvalue weighted by molar-refractivity contribution is 5.79.